The van der Waals surface area contributed by atoms with E-state index >= 15 is 0 Å². The van der Waals surface area contributed by atoms with Gasteiger partial charge in [0.05, 0.1) is 11.6 Å². The minimum Gasteiger partial charge on any atom is -0.492 e. The molecule has 0 heterocycles. The summed E-state index contributed by atoms with van der Waals surface area (Å²) in [6, 6.07) is 5.27. The molecular formula is C10H10Cl2O. The van der Waals surface area contributed by atoms with E-state index in [1.54, 1.807) is 18.2 Å². The molecule has 1 saturated carbocycles. The van der Waals surface area contributed by atoms with Crippen molar-refractivity contribution in [2.75, 3.05) is 6.61 Å². The number of hydrogen-bond donors (Lipinski definition) is 0. The van der Waals surface area contributed by atoms with Crippen LogP contribution in [0, 0.1) is 5.92 Å². The quantitative estimate of drug-likeness (QED) is 0.748. The highest BCUT2D eigenvalue weighted by atomic mass is 35.5. The second kappa shape index (κ2) is 3.77. The second-order valence-corrected chi connectivity index (χ2v) is 4.17. The van der Waals surface area contributed by atoms with Crippen molar-refractivity contribution in [3.63, 3.8) is 0 Å². The lowest BCUT2D eigenvalue weighted by atomic mass is 10.3. The zero-order valence-corrected chi connectivity index (χ0v) is 8.61. The van der Waals surface area contributed by atoms with Gasteiger partial charge < -0.3 is 4.74 Å². The van der Waals surface area contributed by atoms with Gasteiger partial charge in [-0.25, -0.2) is 0 Å². The first-order chi connectivity index (χ1) is 6.25. The first-order valence-corrected chi connectivity index (χ1v) is 5.09. The van der Waals surface area contributed by atoms with Gasteiger partial charge in [-0.15, -0.1) is 0 Å². The summed E-state index contributed by atoms with van der Waals surface area (Å²) in [6.45, 7) is 0.764. The summed E-state index contributed by atoms with van der Waals surface area (Å²) in [5.74, 6) is 1.43. The minimum atomic E-state index is 0.630. The molecule has 13 heavy (non-hydrogen) atoms. The molecule has 1 nitrogen and oxygen atoms in total. The zero-order chi connectivity index (χ0) is 9.26. The van der Waals surface area contributed by atoms with Crippen molar-refractivity contribution in [3.05, 3.63) is 28.2 Å². The van der Waals surface area contributed by atoms with Gasteiger partial charge in [0.15, 0.2) is 0 Å². The van der Waals surface area contributed by atoms with Crippen molar-refractivity contribution < 1.29 is 4.74 Å². The van der Waals surface area contributed by atoms with Gasteiger partial charge in [-0.05, 0) is 30.9 Å². The van der Waals surface area contributed by atoms with E-state index in [2.05, 4.69) is 0 Å². The average molecular weight is 217 g/mol. The Morgan fingerprint density at radius 3 is 2.77 bits per heavy atom. The van der Waals surface area contributed by atoms with Gasteiger partial charge in [0, 0.05) is 11.1 Å². The molecule has 3 heteroatoms. The summed E-state index contributed by atoms with van der Waals surface area (Å²) >= 11 is 11.7. The molecule has 1 aromatic carbocycles. The van der Waals surface area contributed by atoms with Gasteiger partial charge >= 0.3 is 0 Å². The van der Waals surface area contributed by atoms with Crippen LogP contribution in [0.3, 0.4) is 0 Å². The molecule has 0 atom stereocenters. The molecule has 0 bridgehead atoms. The summed E-state index contributed by atoms with van der Waals surface area (Å²) < 4.78 is 5.53. The molecule has 1 fully saturated rings. The van der Waals surface area contributed by atoms with E-state index in [-0.39, 0.29) is 0 Å². The maximum atomic E-state index is 5.92. The fourth-order valence-electron chi connectivity index (χ4n) is 1.08. The van der Waals surface area contributed by atoms with Gasteiger partial charge in [0.2, 0.25) is 0 Å². The first-order valence-electron chi connectivity index (χ1n) is 4.33. The smallest absolute Gasteiger partial charge is 0.139 e. The molecular weight excluding hydrogens is 207 g/mol. The van der Waals surface area contributed by atoms with Gasteiger partial charge in [0.1, 0.15) is 5.75 Å². The topological polar surface area (TPSA) is 9.23 Å². The lowest BCUT2D eigenvalue weighted by Gasteiger charge is -2.06. The van der Waals surface area contributed by atoms with Crippen LogP contribution in [0.25, 0.3) is 0 Å². The van der Waals surface area contributed by atoms with E-state index in [4.69, 9.17) is 27.9 Å². The van der Waals surface area contributed by atoms with Crippen molar-refractivity contribution in [1.82, 2.24) is 0 Å². The van der Waals surface area contributed by atoms with E-state index in [1.807, 2.05) is 0 Å². The van der Waals surface area contributed by atoms with Crippen LogP contribution in [0.15, 0.2) is 18.2 Å². The Morgan fingerprint density at radius 1 is 1.31 bits per heavy atom. The summed E-state index contributed by atoms with van der Waals surface area (Å²) in [7, 11) is 0. The van der Waals surface area contributed by atoms with Crippen molar-refractivity contribution in [2.24, 2.45) is 5.92 Å². The summed E-state index contributed by atoms with van der Waals surface area (Å²) in [4.78, 5) is 0. The Balaban J connectivity index is 2.03. The van der Waals surface area contributed by atoms with E-state index < -0.39 is 0 Å². The average Bonchev–Trinajstić information content (AvgIpc) is 2.90. The number of hydrogen-bond acceptors (Lipinski definition) is 1. The van der Waals surface area contributed by atoms with Crippen LogP contribution in [0.5, 0.6) is 5.75 Å². The second-order valence-electron chi connectivity index (χ2n) is 3.33. The summed E-state index contributed by atoms with van der Waals surface area (Å²) in [5, 5.41) is 1.29. The maximum Gasteiger partial charge on any atom is 0.139 e. The lowest BCUT2D eigenvalue weighted by molar-refractivity contribution is 0.300. The normalized spacial score (nSPS) is 15.8. The largest absolute Gasteiger partial charge is 0.492 e. The Labute approximate surface area is 87.6 Å². The van der Waals surface area contributed by atoms with Crippen molar-refractivity contribution >= 4 is 23.2 Å². The third-order valence-electron chi connectivity index (χ3n) is 2.06. The maximum absolute atomic E-state index is 5.92. The van der Waals surface area contributed by atoms with E-state index in [9.17, 15) is 0 Å². The Bertz CT molecular complexity index is 308. The molecule has 0 saturated heterocycles. The number of benzene rings is 1. The molecule has 0 spiro atoms. The van der Waals surface area contributed by atoms with Crippen molar-refractivity contribution in [3.8, 4) is 5.75 Å². The summed E-state index contributed by atoms with van der Waals surface area (Å²) in [6.07, 6.45) is 2.55. The van der Waals surface area contributed by atoms with Crippen LogP contribution in [-0.4, -0.2) is 6.61 Å². The van der Waals surface area contributed by atoms with E-state index in [0.717, 1.165) is 12.5 Å². The van der Waals surface area contributed by atoms with Gasteiger partial charge in [-0.3, -0.25) is 0 Å². The van der Waals surface area contributed by atoms with Crippen molar-refractivity contribution in [2.45, 2.75) is 12.8 Å². The zero-order valence-electron chi connectivity index (χ0n) is 7.09. The first kappa shape index (κ1) is 9.17. The molecule has 0 amide bonds. The van der Waals surface area contributed by atoms with E-state index in [1.165, 1.54) is 12.8 Å². The van der Waals surface area contributed by atoms with Crippen LogP contribution in [-0.2, 0) is 0 Å². The minimum absolute atomic E-state index is 0.630. The fraction of sp³-hybridized carbons (Fsp3) is 0.400. The van der Waals surface area contributed by atoms with Crippen LogP contribution in [0.1, 0.15) is 12.8 Å². The molecule has 0 N–H and O–H groups in total. The van der Waals surface area contributed by atoms with Crippen LogP contribution in [0.2, 0.25) is 10.0 Å². The lowest BCUT2D eigenvalue weighted by Crippen LogP contribution is -1.99. The Morgan fingerprint density at radius 2 is 2.08 bits per heavy atom. The Kier molecular flexibility index (Phi) is 2.66. The molecule has 0 aromatic heterocycles. The van der Waals surface area contributed by atoms with Crippen molar-refractivity contribution in [1.29, 1.82) is 0 Å². The third-order valence-corrected chi connectivity index (χ3v) is 2.61. The highest BCUT2D eigenvalue weighted by Gasteiger charge is 2.22. The molecule has 1 aliphatic rings. The summed E-state index contributed by atoms with van der Waals surface area (Å²) in [5.41, 5.74) is 0. The standard InChI is InChI=1S/C10H10Cl2O/c11-8-3-4-9(12)10(5-8)13-6-7-1-2-7/h3-5,7H,1-2,6H2. The molecule has 70 valence electrons. The molecule has 2 rings (SSSR count). The van der Waals surface area contributed by atoms with Gasteiger partial charge in [-0.1, -0.05) is 23.2 Å². The van der Waals surface area contributed by atoms with Gasteiger partial charge in [0.25, 0.3) is 0 Å². The number of ether oxygens (including phenoxy) is 1. The fourth-order valence-corrected chi connectivity index (χ4v) is 1.41. The molecule has 0 radical (unpaired) electrons. The van der Waals surface area contributed by atoms with Gasteiger partial charge in [-0.2, -0.15) is 0 Å². The van der Waals surface area contributed by atoms with Crippen LogP contribution in [0.4, 0.5) is 0 Å². The number of halogens is 2. The third kappa shape index (κ3) is 2.52. The highest BCUT2D eigenvalue weighted by Crippen LogP contribution is 2.32. The SMILES string of the molecule is Clc1ccc(Cl)c(OCC2CC2)c1. The van der Waals surface area contributed by atoms with E-state index in [0.29, 0.717) is 15.8 Å². The highest BCUT2D eigenvalue weighted by molar-refractivity contribution is 6.34. The Hall–Kier alpha value is -0.400. The van der Waals surface area contributed by atoms with Crippen LogP contribution < -0.4 is 4.74 Å². The molecule has 1 aromatic rings. The predicted octanol–water partition coefficient (Wildman–Crippen LogP) is 3.78. The molecule has 0 unspecified atom stereocenters. The molecule has 0 aliphatic heterocycles. The monoisotopic (exact) mass is 216 g/mol. The van der Waals surface area contributed by atoms with Crippen LogP contribution >= 0.6 is 23.2 Å². The number of rotatable bonds is 3. The molecule has 1 aliphatic carbocycles. The predicted molar refractivity (Wildman–Crippen MR) is 54.7 cm³/mol.